The van der Waals surface area contributed by atoms with Gasteiger partial charge >= 0.3 is 6.03 Å². The lowest BCUT2D eigenvalue weighted by Crippen LogP contribution is -2.19. The lowest BCUT2D eigenvalue weighted by molar-refractivity contribution is 0.262. The summed E-state index contributed by atoms with van der Waals surface area (Å²) >= 11 is 5.80. The topological polar surface area (TPSA) is 98.6 Å². The zero-order valence-corrected chi connectivity index (χ0v) is 16.9. The number of sulfonamides is 1. The molecule has 0 saturated carbocycles. The molecule has 0 spiro atoms. The number of amides is 2. The van der Waals surface area contributed by atoms with E-state index in [0.717, 1.165) is 0 Å². The highest BCUT2D eigenvalue weighted by molar-refractivity contribution is 7.94. The molecule has 0 heterocycles. The molecule has 150 valence electrons. The van der Waals surface area contributed by atoms with Gasteiger partial charge in [0.15, 0.2) is 0 Å². The molecule has 0 fully saturated rings. The van der Waals surface area contributed by atoms with Crippen molar-refractivity contribution in [3.8, 4) is 5.75 Å². The van der Waals surface area contributed by atoms with Gasteiger partial charge in [-0.3, -0.25) is 0 Å². The Labute approximate surface area is 173 Å². The van der Waals surface area contributed by atoms with E-state index in [9.17, 15) is 13.2 Å². The van der Waals surface area contributed by atoms with Gasteiger partial charge in [-0.15, -0.1) is 5.69 Å². The first-order chi connectivity index (χ1) is 13.9. The van der Waals surface area contributed by atoms with Gasteiger partial charge in [-0.05, 0) is 60.7 Å². The lowest BCUT2D eigenvalue weighted by Gasteiger charge is -2.22. The van der Waals surface area contributed by atoms with Crippen molar-refractivity contribution in [3.63, 3.8) is 0 Å². The Morgan fingerprint density at radius 3 is 1.90 bits per heavy atom. The Morgan fingerprint density at radius 1 is 0.862 bits per heavy atom. The fraction of sp³-hybridized carbons (Fsp3) is 0.0500. The fourth-order valence-corrected chi connectivity index (χ4v) is 3.48. The molecule has 9 heteroatoms. The van der Waals surface area contributed by atoms with Crippen LogP contribution in [0.3, 0.4) is 0 Å². The molecule has 0 radical (unpaired) electrons. The Kier molecular flexibility index (Phi) is 6.26. The molecule has 3 rings (SSSR count). The zero-order chi connectivity index (χ0) is 20.9. The summed E-state index contributed by atoms with van der Waals surface area (Å²) in [5, 5.41) is 5.84. The molecule has 0 atom stereocenters. The van der Waals surface area contributed by atoms with E-state index in [0.29, 0.717) is 22.1 Å². The monoisotopic (exact) mass is 430 g/mol. The van der Waals surface area contributed by atoms with Crippen LogP contribution >= 0.6 is 11.6 Å². The van der Waals surface area contributed by atoms with E-state index < -0.39 is 16.1 Å². The summed E-state index contributed by atoms with van der Waals surface area (Å²) in [6.07, 6.45) is 0. The predicted molar refractivity (Wildman–Crippen MR) is 114 cm³/mol. The van der Waals surface area contributed by atoms with E-state index in [1.807, 2.05) is 0 Å². The van der Waals surface area contributed by atoms with Gasteiger partial charge in [0.25, 0.3) is 0 Å². The third-order valence-corrected chi connectivity index (χ3v) is 5.38. The molecule has 2 N–H and O–H groups in total. The smallest absolute Gasteiger partial charge is 0.323 e. The summed E-state index contributed by atoms with van der Waals surface area (Å²) in [6, 6.07) is 18.2. The number of carbonyl (C=O) groups is 1. The maximum Gasteiger partial charge on any atom is 0.323 e. The second-order valence-electron chi connectivity index (χ2n) is 5.87. The minimum Gasteiger partial charge on any atom is -0.573 e. The van der Waals surface area contributed by atoms with Crippen molar-refractivity contribution in [1.82, 2.24) is 0 Å². The summed E-state index contributed by atoms with van der Waals surface area (Å²) in [6.45, 7) is 0. The van der Waals surface area contributed by atoms with Gasteiger partial charge in [-0.25, -0.2) is 13.2 Å². The van der Waals surface area contributed by atoms with Gasteiger partial charge in [0, 0.05) is 16.4 Å². The summed E-state index contributed by atoms with van der Waals surface area (Å²) in [5.41, 5.74) is 1.29. The predicted octanol–water partition coefficient (Wildman–Crippen LogP) is 5.39. The van der Waals surface area contributed by atoms with E-state index >= 15 is 0 Å². The van der Waals surface area contributed by atoms with Crippen molar-refractivity contribution >= 4 is 44.7 Å². The summed E-state index contributed by atoms with van der Waals surface area (Å²) < 4.78 is 33.7. The minimum atomic E-state index is -3.89. The molecular weight excluding hydrogens is 414 g/mol. The maximum atomic E-state index is 12.4. The van der Waals surface area contributed by atoms with Gasteiger partial charge in [0.05, 0.1) is 12.0 Å². The number of methoxy groups -OCH3 is 1. The third-order valence-electron chi connectivity index (χ3n) is 3.81. The molecule has 7 nitrogen and oxygen atoms in total. The van der Waals surface area contributed by atoms with Crippen LogP contribution in [0.2, 0.25) is 5.02 Å². The maximum absolute atomic E-state index is 12.4. The zero-order valence-electron chi connectivity index (χ0n) is 15.3. The number of hydrogen-bond donors (Lipinski definition) is 2. The Balaban J connectivity index is 1.63. The fourth-order valence-electron chi connectivity index (χ4n) is 2.37. The molecule has 0 unspecified atom stereocenters. The third kappa shape index (κ3) is 5.63. The molecule has 0 aliphatic carbocycles. The van der Waals surface area contributed by atoms with Gasteiger partial charge in [-0.1, -0.05) is 23.7 Å². The average molecular weight is 431 g/mol. The number of anilines is 2. The summed E-state index contributed by atoms with van der Waals surface area (Å²) in [5.74, 6) is 0.605. The SMILES string of the molecule is COc1ccc([N-]S(=O)(=O)c2ccc(NC(=O)Nc3ccc(Cl)cc3)cc2)cc1. The number of halogens is 1. The molecule has 2 amide bonds. The van der Waals surface area contributed by atoms with Crippen LogP contribution < -0.4 is 15.4 Å². The van der Waals surface area contributed by atoms with Crippen molar-refractivity contribution < 1.29 is 17.9 Å². The normalized spacial score (nSPS) is 10.8. The van der Waals surface area contributed by atoms with E-state index in [-0.39, 0.29) is 10.6 Å². The van der Waals surface area contributed by atoms with E-state index in [1.165, 1.54) is 31.4 Å². The molecule has 0 aliphatic rings. The van der Waals surface area contributed by atoms with Crippen LogP contribution in [-0.2, 0) is 10.0 Å². The highest BCUT2D eigenvalue weighted by Crippen LogP contribution is 2.29. The number of nitrogens with zero attached hydrogens (tertiary/aromatic N) is 1. The number of ether oxygens (including phenoxy) is 1. The molecule has 0 bridgehead atoms. The molecule has 3 aromatic rings. The highest BCUT2D eigenvalue weighted by atomic mass is 35.5. The lowest BCUT2D eigenvalue weighted by atomic mass is 10.3. The van der Waals surface area contributed by atoms with Crippen LogP contribution in [0.25, 0.3) is 4.72 Å². The Hall–Kier alpha value is -3.23. The summed E-state index contributed by atoms with van der Waals surface area (Å²) in [4.78, 5) is 12.1. The highest BCUT2D eigenvalue weighted by Gasteiger charge is 2.07. The van der Waals surface area contributed by atoms with Crippen molar-refractivity contribution in [2.45, 2.75) is 4.90 Å². The Morgan fingerprint density at radius 2 is 1.38 bits per heavy atom. The molecule has 3 aromatic carbocycles. The van der Waals surface area contributed by atoms with Crippen molar-refractivity contribution in [2.75, 3.05) is 17.7 Å². The first kappa shape index (κ1) is 20.5. The number of urea groups is 1. The van der Waals surface area contributed by atoms with Crippen molar-refractivity contribution in [3.05, 3.63) is 82.5 Å². The molecular formula is C20H17ClN3O4S-. The summed E-state index contributed by atoms with van der Waals surface area (Å²) in [7, 11) is -2.37. The standard InChI is InChI=1S/C20H17ClN3O4S/c1-28-18-10-6-17(7-11-18)24-29(26,27)19-12-8-16(9-13-19)23-20(25)22-15-4-2-14(21)3-5-15/h2-13H,1H3,(H2,22,23,25)/q-1. The first-order valence-corrected chi connectivity index (χ1v) is 10.2. The number of nitrogens with one attached hydrogen (secondary N) is 2. The molecule has 29 heavy (non-hydrogen) atoms. The van der Waals surface area contributed by atoms with Crippen molar-refractivity contribution in [1.29, 1.82) is 0 Å². The van der Waals surface area contributed by atoms with Crippen LogP contribution in [0, 0.1) is 0 Å². The molecule has 0 aliphatic heterocycles. The minimum absolute atomic E-state index is 0.0111. The van der Waals surface area contributed by atoms with E-state index in [2.05, 4.69) is 15.4 Å². The first-order valence-electron chi connectivity index (χ1n) is 8.41. The molecule has 0 aromatic heterocycles. The largest absolute Gasteiger partial charge is 0.573 e. The van der Waals surface area contributed by atoms with Crippen LogP contribution in [0.1, 0.15) is 0 Å². The van der Waals surface area contributed by atoms with Crippen LogP contribution in [0.5, 0.6) is 5.75 Å². The number of rotatable bonds is 6. The average Bonchev–Trinajstić information content (AvgIpc) is 2.70. The van der Waals surface area contributed by atoms with Crippen LogP contribution in [0.4, 0.5) is 21.9 Å². The van der Waals surface area contributed by atoms with Crippen molar-refractivity contribution in [2.24, 2.45) is 0 Å². The second kappa shape index (κ2) is 8.85. The van der Waals surface area contributed by atoms with Gasteiger partial charge in [0.1, 0.15) is 15.8 Å². The van der Waals surface area contributed by atoms with E-state index in [1.54, 1.807) is 48.5 Å². The Bertz CT molecular complexity index is 1080. The van der Waals surface area contributed by atoms with E-state index in [4.69, 9.17) is 16.3 Å². The van der Waals surface area contributed by atoms with Gasteiger partial charge in [-0.2, -0.15) is 0 Å². The number of benzene rings is 3. The quantitative estimate of drug-likeness (QED) is 0.547. The molecule has 0 saturated heterocycles. The van der Waals surface area contributed by atoms with Crippen LogP contribution in [0.15, 0.2) is 77.7 Å². The van der Waals surface area contributed by atoms with Gasteiger partial charge < -0.3 is 20.1 Å². The number of carbonyl (C=O) groups excluding carboxylic acids is 1. The van der Waals surface area contributed by atoms with Crippen LogP contribution in [-0.4, -0.2) is 21.6 Å². The number of hydrogen-bond acceptors (Lipinski definition) is 4. The second-order valence-corrected chi connectivity index (χ2v) is 7.92. The van der Waals surface area contributed by atoms with Gasteiger partial charge in [0.2, 0.25) is 0 Å².